The lowest BCUT2D eigenvalue weighted by molar-refractivity contribution is 0.0206. The summed E-state index contributed by atoms with van der Waals surface area (Å²) in [5, 5.41) is 22.5. The number of halogens is 1. The number of rotatable bonds is 3. The van der Waals surface area contributed by atoms with Crippen LogP contribution in [0.25, 0.3) is 11.3 Å². The molecule has 4 rings (SSSR count). The Morgan fingerprint density at radius 3 is 2.74 bits per heavy atom. The molecule has 1 aliphatic carbocycles. The topological polar surface area (TPSA) is 87.6 Å². The summed E-state index contributed by atoms with van der Waals surface area (Å²) in [6.07, 6.45) is 4.19. The Labute approximate surface area is 181 Å². The van der Waals surface area contributed by atoms with E-state index in [1.165, 1.54) is 6.07 Å². The Morgan fingerprint density at radius 1 is 1.23 bits per heavy atom. The fourth-order valence-electron chi connectivity index (χ4n) is 4.31. The maximum absolute atomic E-state index is 13.4. The van der Waals surface area contributed by atoms with Gasteiger partial charge in [0.1, 0.15) is 22.9 Å². The molecule has 0 saturated carbocycles. The standard InChI is InChI=1S/C23H29FN4O3/c1-23(2,3)31-22(30)28-11-5-6-15(13-28)25-21-17-8-4-7-16(17)20(26-27-21)18-10-9-14(24)12-19(18)29/h9-10,12,15,29H,4-8,11,13H2,1-3H3,(H,25,27)/t15-/m1/s1. The van der Waals surface area contributed by atoms with Crippen LogP contribution in [0.4, 0.5) is 15.0 Å². The summed E-state index contributed by atoms with van der Waals surface area (Å²) in [7, 11) is 0. The van der Waals surface area contributed by atoms with Crippen LogP contribution >= 0.6 is 0 Å². The van der Waals surface area contributed by atoms with Gasteiger partial charge in [-0.05, 0) is 70.6 Å². The molecule has 1 aliphatic heterocycles. The van der Waals surface area contributed by atoms with Gasteiger partial charge in [0.15, 0.2) is 5.82 Å². The van der Waals surface area contributed by atoms with Gasteiger partial charge in [0.2, 0.25) is 0 Å². The Bertz CT molecular complexity index is 990. The van der Waals surface area contributed by atoms with Crippen LogP contribution in [0.15, 0.2) is 18.2 Å². The van der Waals surface area contributed by atoms with Crippen molar-refractivity contribution in [2.75, 3.05) is 18.4 Å². The molecule has 1 aromatic heterocycles. The quantitative estimate of drug-likeness (QED) is 0.758. The predicted molar refractivity (Wildman–Crippen MR) is 116 cm³/mol. The minimum Gasteiger partial charge on any atom is -0.507 e. The van der Waals surface area contributed by atoms with E-state index in [0.29, 0.717) is 24.3 Å². The second-order valence-corrected chi connectivity index (χ2v) is 9.28. The van der Waals surface area contributed by atoms with Crippen molar-refractivity contribution >= 4 is 11.9 Å². The molecule has 166 valence electrons. The molecule has 1 fully saturated rings. The maximum atomic E-state index is 13.4. The second kappa shape index (κ2) is 8.32. The van der Waals surface area contributed by atoms with Crippen molar-refractivity contribution in [3.05, 3.63) is 35.1 Å². The average Bonchev–Trinajstić information content (AvgIpc) is 3.18. The molecule has 1 amide bonds. The van der Waals surface area contributed by atoms with E-state index in [-0.39, 0.29) is 17.9 Å². The van der Waals surface area contributed by atoms with Crippen molar-refractivity contribution in [3.8, 4) is 17.0 Å². The van der Waals surface area contributed by atoms with E-state index < -0.39 is 11.4 Å². The summed E-state index contributed by atoms with van der Waals surface area (Å²) in [4.78, 5) is 14.2. The number of nitrogens with one attached hydrogen (secondary N) is 1. The number of likely N-dealkylation sites (tertiary alicyclic amines) is 1. The molecule has 0 unspecified atom stereocenters. The van der Waals surface area contributed by atoms with E-state index in [0.717, 1.165) is 55.1 Å². The van der Waals surface area contributed by atoms with Crippen LogP contribution in [0, 0.1) is 5.82 Å². The molecule has 2 heterocycles. The first-order valence-electron chi connectivity index (χ1n) is 10.8. The summed E-state index contributed by atoms with van der Waals surface area (Å²) in [5.74, 6) is 0.106. The Balaban J connectivity index is 1.53. The van der Waals surface area contributed by atoms with Crippen LogP contribution in [0.1, 0.15) is 51.2 Å². The molecule has 1 saturated heterocycles. The summed E-state index contributed by atoms with van der Waals surface area (Å²) in [5.41, 5.74) is 2.70. The number of ether oxygens (including phenoxy) is 1. The van der Waals surface area contributed by atoms with Crippen molar-refractivity contribution in [1.29, 1.82) is 0 Å². The van der Waals surface area contributed by atoms with Crippen molar-refractivity contribution in [1.82, 2.24) is 15.1 Å². The van der Waals surface area contributed by atoms with Crippen LogP contribution in [0.3, 0.4) is 0 Å². The molecule has 0 spiro atoms. The van der Waals surface area contributed by atoms with Gasteiger partial charge in [-0.25, -0.2) is 9.18 Å². The monoisotopic (exact) mass is 428 g/mol. The lowest BCUT2D eigenvalue weighted by atomic mass is 10.0. The second-order valence-electron chi connectivity index (χ2n) is 9.28. The van der Waals surface area contributed by atoms with Gasteiger partial charge in [-0.15, -0.1) is 10.2 Å². The Kier molecular flexibility index (Phi) is 5.73. The normalized spacial score (nSPS) is 18.6. The number of hydrogen-bond acceptors (Lipinski definition) is 6. The molecular weight excluding hydrogens is 399 g/mol. The maximum Gasteiger partial charge on any atom is 0.410 e. The molecule has 2 N–H and O–H groups in total. The zero-order valence-electron chi connectivity index (χ0n) is 18.2. The van der Waals surface area contributed by atoms with Gasteiger partial charge in [0.05, 0.1) is 0 Å². The van der Waals surface area contributed by atoms with Gasteiger partial charge < -0.3 is 20.1 Å². The number of nitrogens with zero attached hydrogens (tertiary/aromatic N) is 3. The molecule has 0 radical (unpaired) electrons. The van der Waals surface area contributed by atoms with Crippen molar-refractivity contribution in [3.63, 3.8) is 0 Å². The molecule has 2 aromatic rings. The first-order valence-corrected chi connectivity index (χ1v) is 10.8. The average molecular weight is 429 g/mol. The van der Waals surface area contributed by atoms with E-state index in [1.807, 2.05) is 20.8 Å². The number of hydrogen-bond donors (Lipinski definition) is 2. The first kappa shape index (κ1) is 21.3. The summed E-state index contributed by atoms with van der Waals surface area (Å²) in [6, 6.07) is 4.01. The molecule has 7 nitrogen and oxygen atoms in total. The van der Waals surface area contributed by atoms with Crippen LogP contribution in [0.5, 0.6) is 5.75 Å². The van der Waals surface area contributed by atoms with Crippen LogP contribution in [0.2, 0.25) is 0 Å². The lowest BCUT2D eigenvalue weighted by Crippen LogP contribution is -2.47. The smallest absolute Gasteiger partial charge is 0.410 e. The minimum atomic E-state index is -0.522. The zero-order valence-corrected chi connectivity index (χ0v) is 18.2. The zero-order chi connectivity index (χ0) is 22.2. The number of phenolic OH excluding ortho intramolecular Hbond substituents is 1. The molecule has 2 aliphatic rings. The van der Waals surface area contributed by atoms with Gasteiger partial charge in [-0.1, -0.05) is 0 Å². The van der Waals surface area contributed by atoms with E-state index in [4.69, 9.17) is 4.74 Å². The number of carbonyl (C=O) groups is 1. The fourth-order valence-corrected chi connectivity index (χ4v) is 4.31. The summed E-state index contributed by atoms with van der Waals surface area (Å²) < 4.78 is 18.9. The first-order chi connectivity index (χ1) is 14.7. The van der Waals surface area contributed by atoms with E-state index in [1.54, 1.807) is 11.0 Å². The number of carbonyl (C=O) groups excluding carboxylic acids is 1. The number of phenols is 1. The van der Waals surface area contributed by atoms with Crippen molar-refractivity contribution < 1.29 is 19.0 Å². The van der Waals surface area contributed by atoms with E-state index in [9.17, 15) is 14.3 Å². The number of aromatic hydroxyl groups is 1. The highest BCUT2D eigenvalue weighted by Crippen LogP contribution is 2.37. The highest BCUT2D eigenvalue weighted by Gasteiger charge is 2.30. The highest BCUT2D eigenvalue weighted by atomic mass is 19.1. The van der Waals surface area contributed by atoms with Gasteiger partial charge in [0.25, 0.3) is 0 Å². The Morgan fingerprint density at radius 2 is 2.00 bits per heavy atom. The SMILES string of the molecule is CC(C)(C)OC(=O)N1CCC[C@@H](Nc2nnc(-c3ccc(F)cc3O)c3c2CCC3)C1. The highest BCUT2D eigenvalue weighted by molar-refractivity contribution is 5.73. The summed E-state index contributed by atoms with van der Waals surface area (Å²) in [6.45, 7) is 6.82. The molecule has 0 bridgehead atoms. The lowest BCUT2D eigenvalue weighted by Gasteiger charge is -2.34. The van der Waals surface area contributed by atoms with Gasteiger partial charge in [0, 0.05) is 36.3 Å². The van der Waals surface area contributed by atoms with E-state index in [2.05, 4.69) is 15.5 Å². The molecule has 1 atom stereocenters. The third kappa shape index (κ3) is 4.73. The summed E-state index contributed by atoms with van der Waals surface area (Å²) >= 11 is 0. The molecular formula is C23H29FN4O3. The number of benzene rings is 1. The van der Waals surface area contributed by atoms with Crippen LogP contribution in [-0.4, -0.2) is 51.0 Å². The van der Waals surface area contributed by atoms with Crippen LogP contribution in [-0.2, 0) is 17.6 Å². The third-order valence-electron chi connectivity index (χ3n) is 5.67. The number of anilines is 1. The number of amides is 1. The van der Waals surface area contributed by atoms with Gasteiger partial charge in [-0.2, -0.15) is 0 Å². The molecule has 31 heavy (non-hydrogen) atoms. The minimum absolute atomic E-state index is 0.0605. The van der Waals surface area contributed by atoms with Crippen LogP contribution < -0.4 is 5.32 Å². The van der Waals surface area contributed by atoms with Crippen molar-refractivity contribution in [2.24, 2.45) is 0 Å². The van der Waals surface area contributed by atoms with Gasteiger partial charge >= 0.3 is 6.09 Å². The number of aromatic nitrogens is 2. The number of fused-ring (bicyclic) bond motifs is 1. The van der Waals surface area contributed by atoms with Gasteiger partial charge in [-0.3, -0.25) is 0 Å². The largest absolute Gasteiger partial charge is 0.507 e. The van der Waals surface area contributed by atoms with Crippen molar-refractivity contribution in [2.45, 2.75) is 64.5 Å². The van der Waals surface area contributed by atoms with E-state index >= 15 is 0 Å². The predicted octanol–water partition coefficient (Wildman–Crippen LogP) is 4.29. The molecule has 1 aromatic carbocycles. The fraction of sp³-hybridized carbons (Fsp3) is 0.522. The Hall–Kier alpha value is -2.90. The number of piperidine rings is 1. The molecule has 8 heteroatoms. The third-order valence-corrected chi connectivity index (χ3v) is 5.67.